The molecule has 1 aliphatic carbocycles. The summed E-state index contributed by atoms with van der Waals surface area (Å²) in [5, 5.41) is 21.6. The second-order valence-electron chi connectivity index (χ2n) is 7.38. The van der Waals surface area contributed by atoms with Crippen molar-refractivity contribution in [1.82, 2.24) is 5.06 Å². The van der Waals surface area contributed by atoms with Gasteiger partial charge < -0.3 is 9.84 Å². The monoisotopic (exact) mass is 345 g/mol. The zero-order valence-corrected chi connectivity index (χ0v) is 15.2. The smallest absolute Gasteiger partial charge is 0.434 e. The molecule has 1 aromatic carbocycles. The Hall–Kier alpha value is -2.11. The van der Waals surface area contributed by atoms with Gasteiger partial charge in [0, 0.05) is 5.92 Å². The van der Waals surface area contributed by atoms with E-state index in [0.29, 0.717) is 11.5 Å². The molecule has 3 atom stereocenters. The number of ether oxygens (including phenoxy) is 1. The molecule has 25 heavy (non-hydrogen) atoms. The zero-order chi connectivity index (χ0) is 18.6. The first-order valence-corrected chi connectivity index (χ1v) is 8.48. The van der Waals surface area contributed by atoms with Gasteiger partial charge in [-0.2, -0.15) is 5.06 Å². The van der Waals surface area contributed by atoms with Gasteiger partial charge in [0.15, 0.2) is 0 Å². The van der Waals surface area contributed by atoms with E-state index in [9.17, 15) is 15.1 Å². The molecule has 3 unspecified atom stereocenters. The molecule has 1 aromatic rings. The predicted octanol–water partition coefficient (Wildman–Crippen LogP) is 4.02. The van der Waals surface area contributed by atoms with Gasteiger partial charge in [-0.3, -0.25) is 5.21 Å². The van der Waals surface area contributed by atoms with Crippen molar-refractivity contribution < 1.29 is 19.8 Å². The Morgan fingerprint density at radius 1 is 1.32 bits per heavy atom. The van der Waals surface area contributed by atoms with Gasteiger partial charge in [-0.25, -0.2) is 4.79 Å². The van der Waals surface area contributed by atoms with Crippen molar-refractivity contribution in [3.05, 3.63) is 53.6 Å². The summed E-state index contributed by atoms with van der Waals surface area (Å²) >= 11 is 0. The maximum Gasteiger partial charge on any atom is 0.434 e. The number of hydrogen-bond donors (Lipinski definition) is 2. The van der Waals surface area contributed by atoms with E-state index >= 15 is 0 Å². The van der Waals surface area contributed by atoms with Crippen molar-refractivity contribution in [3.63, 3.8) is 0 Å². The Balaban J connectivity index is 2.10. The number of aliphatic hydroxyl groups excluding tert-OH is 1. The molecule has 0 fully saturated rings. The van der Waals surface area contributed by atoms with Crippen molar-refractivity contribution >= 4 is 12.2 Å². The first-order valence-electron chi connectivity index (χ1n) is 8.48. The number of carbonyl (C=O) groups excluding carboxylic acids is 1. The van der Waals surface area contributed by atoms with Crippen LogP contribution in [0.1, 0.15) is 39.7 Å². The molecule has 0 heterocycles. The second-order valence-corrected chi connectivity index (χ2v) is 7.38. The molecule has 5 heteroatoms. The van der Waals surface area contributed by atoms with Crippen LogP contribution in [-0.2, 0) is 4.74 Å². The topological polar surface area (TPSA) is 70.0 Å². The lowest BCUT2D eigenvalue weighted by Crippen LogP contribution is -2.46. The first kappa shape index (κ1) is 19.2. The molecule has 0 aliphatic heterocycles. The summed E-state index contributed by atoms with van der Waals surface area (Å²) in [6.07, 6.45) is 4.47. The molecule has 0 saturated heterocycles. The lowest BCUT2D eigenvalue weighted by Gasteiger charge is -2.32. The fourth-order valence-electron chi connectivity index (χ4n) is 2.88. The van der Waals surface area contributed by atoms with Crippen LogP contribution in [0.2, 0.25) is 0 Å². The highest BCUT2D eigenvalue weighted by Crippen LogP contribution is 2.30. The largest absolute Gasteiger partial charge is 0.442 e. The maximum atomic E-state index is 12.1. The SMILES string of the molecule is C/C(=C\c1ccccc1)C(O)C1C=CCC1N(O)C(=O)OC(C)(C)C. The summed E-state index contributed by atoms with van der Waals surface area (Å²) in [5.74, 6) is -0.391. The van der Waals surface area contributed by atoms with Crippen LogP contribution in [0.5, 0.6) is 0 Å². The number of amides is 1. The average Bonchev–Trinajstić information content (AvgIpc) is 3.02. The lowest BCUT2D eigenvalue weighted by atomic mass is 9.91. The Labute approximate surface area is 149 Å². The van der Waals surface area contributed by atoms with Gasteiger partial charge in [0.1, 0.15) is 5.60 Å². The number of nitrogens with zero attached hydrogens (tertiary/aromatic N) is 1. The van der Waals surface area contributed by atoms with E-state index in [0.717, 1.165) is 11.1 Å². The number of aliphatic hydroxyl groups is 1. The standard InChI is InChI=1S/C20H27NO4/c1-14(13-15-9-6-5-7-10-15)18(22)16-11-8-12-17(16)21(24)19(23)25-20(2,3)4/h5-11,13,16-18,22,24H,12H2,1-4H3/b14-13+. The van der Waals surface area contributed by atoms with Gasteiger partial charge in [-0.1, -0.05) is 48.6 Å². The normalized spacial score (nSPS) is 21.9. The van der Waals surface area contributed by atoms with Crippen LogP contribution in [0.4, 0.5) is 4.79 Å². The van der Waals surface area contributed by atoms with Gasteiger partial charge in [0.2, 0.25) is 0 Å². The highest BCUT2D eigenvalue weighted by molar-refractivity contribution is 5.67. The van der Waals surface area contributed by atoms with Crippen molar-refractivity contribution in [1.29, 1.82) is 0 Å². The number of benzene rings is 1. The number of carbonyl (C=O) groups is 1. The summed E-state index contributed by atoms with van der Waals surface area (Å²) in [5.41, 5.74) is 1.07. The Morgan fingerprint density at radius 2 is 1.96 bits per heavy atom. The summed E-state index contributed by atoms with van der Waals surface area (Å²) in [6.45, 7) is 7.07. The summed E-state index contributed by atoms with van der Waals surface area (Å²) < 4.78 is 5.21. The minimum atomic E-state index is -0.805. The third-order valence-corrected chi connectivity index (χ3v) is 4.10. The molecule has 2 rings (SSSR count). The third kappa shape index (κ3) is 5.18. The Bertz CT molecular complexity index is 645. The number of hydroxylamine groups is 2. The Morgan fingerprint density at radius 3 is 2.56 bits per heavy atom. The number of rotatable bonds is 4. The molecule has 1 aliphatic rings. The Kier molecular flexibility index (Phi) is 6.03. The van der Waals surface area contributed by atoms with Crippen molar-refractivity contribution in [3.8, 4) is 0 Å². The van der Waals surface area contributed by atoms with Gasteiger partial charge in [0.05, 0.1) is 12.1 Å². The van der Waals surface area contributed by atoms with Crippen LogP contribution < -0.4 is 0 Å². The van der Waals surface area contributed by atoms with Crippen LogP contribution in [0.15, 0.2) is 48.1 Å². The van der Waals surface area contributed by atoms with Crippen molar-refractivity contribution in [2.45, 2.75) is 51.9 Å². The van der Waals surface area contributed by atoms with Gasteiger partial charge in [0.25, 0.3) is 0 Å². The van der Waals surface area contributed by atoms with Gasteiger partial charge >= 0.3 is 6.09 Å². The average molecular weight is 345 g/mol. The number of hydrogen-bond acceptors (Lipinski definition) is 4. The fraction of sp³-hybridized carbons (Fsp3) is 0.450. The van der Waals surface area contributed by atoms with E-state index in [-0.39, 0.29) is 0 Å². The van der Waals surface area contributed by atoms with Crippen LogP contribution in [0.3, 0.4) is 0 Å². The molecular formula is C20H27NO4. The van der Waals surface area contributed by atoms with E-state index in [1.54, 1.807) is 20.8 Å². The summed E-state index contributed by atoms with van der Waals surface area (Å²) in [4.78, 5) is 12.1. The van der Waals surface area contributed by atoms with Crippen molar-refractivity contribution in [2.75, 3.05) is 0 Å². The van der Waals surface area contributed by atoms with Crippen molar-refractivity contribution in [2.24, 2.45) is 5.92 Å². The molecule has 0 saturated carbocycles. The van der Waals surface area contributed by atoms with Gasteiger partial charge in [-0.15, -0.1) is 0 Å². The highest BCUT2D eigenvalue weighted by atomic mass is 16.6. The van der Waals surface area contributed by atoms with Crippen LogP contribution in [0, 0.1) is 5.92 Å². The molecular weight excluding hydrogens is 318 g/mol. The fourth-order valence-corrected chi connectivity index (χ4v) is 2.88. The third-order valence-electron chi connectivity index (χ3n) is 4.10. The molecule has 1 amide bonds. The molecule has 0 aromatic heterocycles. The summed E-state index contributed by atoms with van der Waals surface area (Å²) in [6, 6.07) is 9.16. The second kappa shape index (κ2) is 7.85. The minimum Gasteiger partial charge on any atom is -0.442 e. The zero-order valence-electron chi connectivity index (χ0n) is 15.2. The molecule has 0 spiro atoms. The molecule has 0 bridgehead atoms. The van der Waals surface area contributed by atoms with Crippen LogP contribution >= 0.6 is 0 Å². The quantitative estimate of drug-likeness (QED) is 0.491. The van der Waals surface area contributed by atoms with E-state index in [2.05, 4.69) is 0 Å². The molecule has 5 nitrogen and oxygen atoms in total. The highest BCUT2D eigenvalue weighted by Gasteiger charge is 2.37. The predicted molar refractivity (Wildman–Crippen MR) is 97.0 cm³/mol. The molecule has 0 radical (unpaired) electrons. The van der Waals surface area contributed by atoms with Crippen LogP contribution in [-0.4, -0.2) is 39.2 Å². The maximum absolute atomic E-state index is 12.1. The summed E-state index contributed by atoms with van der Waals surface area (Å²) in [7, 11) is 0. The molecule has 136 valence electrons. The lowest BCUT2D eigenvalue weighted by molar-refractivity contribution is -0.131. The molecule has 2 N–H and O–H groups in total. The van der Waals surface area contributed by atoms with E-state index in [1.165, 1.54) is 0 Å². The van der Waals surface area contributed by atoms with E-state index in [4.69, 9.17) is 4.74 Å². The van der Waals surface area contributed by atoms with E-state index < -0.39 is 29.8 Å². The van der Waals surface area contributed by atoms with Gasteiger partial charge in [-0.05, 0) is 45.3 Å². The first-order chi connectivity index (χ1) is 11.7. The van der Waals surface area contributed by atoms with E-state index in [1.807, 2.05) is 55.5 Å². The van der Waals surface area contributed by atoms with Crippen LogP contribution in [0.25, 0.3) is 6.08 Å². The minimum absolute atomic E-state index is 0.391.